The van der Waals surface area contributed by atoms with Gasteiger partial charge in [0.25, 0.3) is 0 Å². The summed E-state index contributed by atoms with van der Waals surface area (Å²) in [6.45, 7) is 3.56. The van der Waals surface area contributed by atoms with Gasteiger partial charge in [-0.15, -0.1) is 0 Å². The number of hydrogen-bond donors (Lipinski definition) is 0. The normalized spacial score (nSPS) is 11.9. The molecule has 0 fully saturated rings. The summed E-state index contributed by atoms with van der Waals surface area (Å²) in [5.41, 5.74) is 0.509. The molecule has 16 heavy (non-hydrogen) atoms. The van der Waals surface area contributed by atoms with Crippen LogP contribution in [0.15, 0.2) is 28.7 Å². The highest BCUT2D eigenvalue weighted by atomic mass is 79.9. The molecule has 1 aromatic carbocycles. The fourth-order valence-corrected chi connectivity index (χ4v) is 1.67. The monoisotopic (exact) mass is 284 g/mol. The zero-order valence-electron chi connectivity index (χ0n) is 9.20. The van der Waals surface area contributed by atoms with Gasteiger partial charge in [-0.1, -0.05) is 28.1 Å². The van der Waals surface area contributed by atoms with Crippen LogP contribution in [0, 0.1) is 5.92 Å². The van der Waals surface area contributed by atoms with Crippen LogP contribution in [-0.4, -0.2) is 18.4 Å². The fraction of sp³-hybridized carbons (Fsp3) is 0.333. The van der Waals surface area contributed by atoms with Gasteiger partial charge in [-0.2, -0.15) is 0 Å². The summed E-state index contributed by atoms with van der Waals surface area (Å²) in [7, 11) is 0. The molecule has 1 aromatic rings. The molecule has 0 N–H and O–H groups in total. The molecular formula is C12H13BrO3. The summed E-state index contributed by atoms with van der Waals surface area (Å²) >= 11 is 3.28. The third-order valence-corrected chi connectivity index (χ3v) is 2.64. The number of halogens is 1. The first-order chi connectivity index (χ1) is 7.56. The van der Waals surface area contributed by atoms with Crippen LogP contribution in [0.2, 0.25) is 0 Å². The van der Waals surface area contributed by atoms with Crippen molar-refractivity contribution in [3.8, 4) is 0 Å². The maximum atomic E-state index is 11.9. The first-order valence-corrected chi connectivity index (χ1v) is 5.82. The van der Waals surface area contributed by atoms with Crippen molar-refractivity contribution in [3.63, 3.8) is 0 Å². The van der Waals surface area contributed by atoms with E-state index >= 15 is 0 Å². The topological polar surface area (TPSA) is 43.4 Å². The Morgan fingerprint density at radius 3 is 2.69 bits per heavy atom. The Hall–Kier alpha value is -1.16. The molecule has 0 heterocycles. The van der Waals surface area contributed by atoms with Crippen molar-refractivity contribution in [2.24, 2.45) is 5.92 Å². The van der Waals surface area contributed by atoms with Gasteiger partial charge in [0.15, 0.2) is 5.78 Å². The number of esters is 1. The summed E-state index contributed by atoms with van der Waals surface area (Å²) in [5, 5.41) is 0. The van der Waals surface area contributed by atoms with Crippen LogP contribution in [-0.2, 0) is 9.53 Å². The molecule has 1 atom stereocenters. The smallest absolute Gasteiger partial charge is 0.316 e. The minimum Gasteiger partial charge on any atom is -0.465 e. The molecule has 3 nitrogen and oxygen atoms in total. The average molecular weight is 285 g/mol. The van der Waals surface area contributed by atoms with Gasteiger partial charge < -0.3 is 4.74 Å². The van der Waals surface area contributed by atoms with Crippen molar-refractivity contribution in [3.05, 3.63) is 34.3 Å². The molecule has 0 aromatic heterocycles. The van der Waals surface area contributed by atoms with Crippen LogP contribution in [0.5, 0.6) is 0 Å². The first kappa shape index (κ1) is 12.9. The summed E-state index contributed by atoms with van der Waals surface area (Å²) in [4.78, 5) is 23.3. The minimum atomic E-state index is -0.755. The molecule has 0 saturated carbocycles. The molecule has 4 heteroatoms. The number of carbonyl (C=O) groups is 2. The Bertz CT molecular complexity index is 401. The van der Waals surface area contributed by atoms with Crippen LogP contribution < -0.4 is 0 Å². The van der Waals surface area contributed by atoms with E-state index in [0.717, 1.165) is 4.47 Å². The predicted molar refractivity (Wildman–Crippen MR) is 64.3 cm³/mol. The fourth-order valence-electron chi connectivity index (χ4n) is 1.27. The minimum absolute atomic E-state index is 0.222. The van der Waals surface area contributed by atoms with E-state index in [1.54, 1.807) is 32.0 Å². The Kier molecular flexibility index (Phi) is 4.68. The van der Waals surface area contributed by atoms with Crippen molar-refractivity contribution >= 4 is 27.7 Å². The second-order valence-corrected chi connectivity index (χ2v) is 4.26. The molecule has 0 saturated heterocycles. The average Bonchev–Trinajstić information content (AvgIpc) is 2.27. The van der Waals surface area contributed by atoms with Crippen LogP contribution in [0.25, 0.3) is 0 Å². The van der Waals surface area contributed by atoms with E-state index in [-0.39, 0.29) is 12.4 Å². The van der Waals surface area contributed by atoms with E-state index in [2.05, 4.69) is 15.9 Å². The molecule has 1 unspecified atom stereocenters. The van der Waals surface area contributed by atoms with Crippen molar-refractivity contribution in [2.75, 3.05) is 6.61 Å². The zero-order valence-corrected chi connectivity index (χ0v) is 10.8. The number of rotatable bonds is 4. The predicted octanol–water partition coefficient (Wildman–Crippen LogP) is 2.83. The lowest BCUT2D eigenvalue weighted by Gasteiger charge is -2.09. The van der Waals surface area contributed by atoms with E-state index in [4.69, 9.17) is 4.74 Å². The van der Waals surface area contributed by atoms with Gasteiger partial charge in [0.05, 0.1) is 6.61 Å². The molecule has 0 bridgehead atoms. The number of ketones is 1. The summed E-state index contributed by atoms with van der Waals surface area (Å²) in [5.74, 6) is -1.46. The number of Topliss-reactive ketones (excluding diaryl/α,β-unsaturated/α-hetero) is 1. The van der Waals surface area contributed by atoms with Crippen LogP contribution in [0.4, 0.5) is 0 Å². The lowest BCUT2D eigenvalue weighted by molar-refractivity contribution is -0.145. The van der Waals surface area contributed by atoms with Gasteiger partial charge in [0, 0.05) is 10.0 Å². The third-order valence-electron chi connectivity index (χ3n) is 2.14. The largest absolute Gasteiger partial charge is 0.465 e. The van der Waals surface area contributed by atoms with Gasteiger partial charge in [0.2, 0.25) is 0 Å². The maximum Gasteiger partial charge on any atom is 0.316 e. The van der Waals surface area contributed by atoms with Gasteiger partial charge in [-0.05, 0) is 26.0 Å². The van der Waals surface area contributed by atoms with Crippen molar-refractivity contribution in [1.29, 1.82) is 0 Å². The third kappa shape index (κ3) is 3.17. The highest BCUT2D eigenvalue weighted by Gasteiger charge is 2.23. The van der Waals surface area contributed by atoms with E-state index in [1.807, 2.05) is 6.07 Å². The lowest BCUT2D eigenvalue weighted by atomic mass is 10.00. The van der Waals surface area contributed by atoms with Gasteiger partial charge in [-0.3, -0.25) is 9.59 Å². The first-order valence-electron chi connectivity index (χ1n) is 5.02. The standard InChI is InChI=1S/C12H13BrO3/c1-3-16-12(15)8(2)11(14)9-5-4-6-10(13)7-9/h4-8H,3H2,1-2H3. The highest BCUT2D eigenvalue weighted by molar-refractivity contribution is 9.10. The Morgan fingerprint density at radius 1 is 1.44 bits per heavy atom. The van der Waals surface area contributed by atoms with Crippen LogP contribution in [0.3, 0.4) is 0 Å². The Morgan fingerprint density at radius 2 is 2.12 bits per heavy atom. The van der Waals surface area contributed by atoms with Gasteiger partial charge in [-0.25, -0.2) is 0 Å². The van der Waals surface area contributed by atoms with E-state index in [9.17, 15) is 9.59 Å². The van der Waals surface area contributed by atoms with Crippen LogP contribution in [0.1, 0.15) is 24.2 Å². The number of ether oxygens (including phenoxy) is 1. The maximum absolute atomic E-state index is 11.9. The molecule has 0 aliphatic rings. The van der Waals surface area contributed by atoms with Crippen molar-refractivity contribution < 1.29 is 14.3 Å². The van der Waals surface area contributed by atoms with Gasteiger partial charge >= 0.3 is 5.97 Å². The van der Waals surface area contributed by atoms with Crippen LogP contribution >= 0.6 is 15.9 Å². The van der Waals surface area contributed by atoms with E-state index in [1.165, 1.54) is 0 Å². The SMILES string of the molecule is CCOC(=O)C(C)C(=O)c1cccc(Br)c1. The molecule has 0 spiro atoms. The molecule has 0 aliphatic carbocycles. The summed E-state index contributed by atoms with van der Waals surface area (Å²) in [6.07, 6.45) is 0. The van der Waals surface area contributed by atoms with E-state index < -0.39 is 11.9 Å². The summed E-state index contributed by atoms with van der Waals surface area (Å²) in [6, 6.07) is 6.96. The molecule has 0 amide bonds. The van der Waals surface area contributed by atoms with Gasteiger partial charge in [0.1, 0.15) is 5.92 Å². The van der Waals surface area contributed by atoms with Crippen molar-refractivity contribution in [2.45, 2.75) is 13.8 Å². The zero-order chi connectivity index (χ0) is 12.1. The number of hydrogen-bond acceptors (Lipinski definition) is 3. The molecule has 1 rings (SSSR count). The second-order valence-electron chi connectivity index (χ2n) is 3.35. The number of benzene rings is 1. The van der Waals surface area contributed by atoms with E-state index in [0.29, 0.717) is 5.56 Å². The van der Waals surface area contributed by atoms with Crippen molar-refractivity contribution in [1.82, 2.24) is 0 Å². The molecular weight excluding hydrogens is 272 g/mol. The Labute approximate surface area is 103 Å². The molecule has 0 aliphatic heterocycles. The Balaban J connectivity index is 2.82. The number of carbonyl (C=O) groups excluding carboxylic acids is 2. The molecule has 86 valence electrons. The summed E-state index contributed by atoms with van der Waals surface area (Å²) < 4.78 is 5.62. The quantitative estimate of drug-likeness (QED) is 0.485. The molecule has 0 radical (unpaired) electrons. The second kappa shape index (κ2) is 5.80. The lowest BCUT2D eigenvalue weighted by Crippen LogP contribution is -2.23. The highest BCUT2D eigenvalue weighted by Crippen LogP contribution is 2.15.